The van der Waals surface area contributed by atoms with Gasteiger partial charge in [0, 0.05) is 24.7 Å². The molecule has 23 heavy (non-hydrogen) atoms. The molecule has 3 heteroatoms. The fourth-order valence-corrected chi connectivity index (χ4v) is 3.41. The van der Waals surface area contributed by atoms with Crippen LogP contribution in [0.25, 0.3) is 10.9 Å². The molecule has 1 aliphatic heterocycles. The highest BCUT2D eigenvalue weighted by Gasteiger charge is 2.19. The van der Waals surface area contributed by atoms with Gasteiger partial charge in [-0.1, -0.05) is 19.1 Å². The number of fused-ring (bicyclic) bond motifs is 2. The Morgan fingerprint density at radius 2 is 2.00 bits per heavy atom. The third-order valence-corrected chi connectivity index (χ3v) is 4.75. The van der Waals surface area contributed by atoms with Crippen LogP contribution in [-0.2, 0) is 0 Å². The average molecular weight is 305 g/mol. The number of likely N-dealkylation sites (N-methyl/N-ethyl adjacent to an activating group) is 1. The van der Waals surface area contributed by atoms with Crippen molar-refractivity contribution in [3.05, 3.63) is 66.7 Å². The number of H-pyrrole nitrogens is 1. The number of aromatic amines is 1. The molecule has 4 rings (SSSR count). The topological polar surface area (TPSA) is 28.3 Å². The molecule has 117 valence electrons. The molecule has 3 aromatic rings. The minimum atomic E-state index is 0.287. The molecule has 1 aliphatic rings. The summed E-state index contributed by atoms with van der Waals surface area (Å²) in [5.74, 6) is 1.27. The van der Waals surface area contributed by atoms with Crippen molar-refractivity contribution in [1.29, 1.82) is 0 Å². The van der Waals surface area contributed by atoms with Gasteiger partial charge < -0.3 is 14.6 Å². The van der Waals surface area contributed by atoms with Crippen LogP contribution in [0.15, 0.2) is 48.7 Å². The summed E-state index contributed by atoms with van der Waals surface area (Å²) in [6, 6.07) is 15.3. The van der Waals surface area contributed by atoms with Crippen LogP contribution >= 0.6 is 0 Å². The highest BCUT2D eigenvalue weighted by Crippen LogP contribution is 2.37. The Morgan fingerprint density at radius 3 is 2.87 bits per heavy atom. The lowest BCUT2D eigenvalue weighted by atomic mass is 9.88. The van der Waals surface area contributed by atoms with Crippen LogP contribution in [-0.4, -0.2) is 25.2 Å². The SMILES string of the molecule is [CH2]CC(c1ccc2c(c1)OCCN2C)c1ccc2[nH]ccc2c1. The number of benzene rings is 2. The zero-order chi connectivity index (χ0) is 15.8. The Hall–Kier alpha value is -2.42. The van der Waals surface area contributed by atoms with Crippen LogP contribution < -0.4 is 9.64 Å². The Balaban J connectivity index is 1.74. The summed E-state index contributed by atoms with van der Waals surface area (Å²) in [7, 11) is 2.11. The predicted octanol–water partition coefficient (Wildman–Crippen LogP) is 4.35. The third-order valence-electron chi connectivity index (χ3n) is 4.75. The van der Waals surface area contributed by atoms with Crippen LogP contribution in [0.5, 0.6) is 5.75 Å². The van der Waals surface area contributed by atoms with E-state index in [0.29, 0.717) is 0 Å². The summed E-state index contributed by atoms with van der Waals surface area (Å²) in [6.07, 6.45) is 2.81. The summed E-state index contributed by atoms with van der Waals surface area (Å²) >= 11 is 0. The Kier molecular flexibility index (Phi) is 3.49. The molecular weight excluding hydrogens is 284 g/mol. The fraction of sp³-hybridized carbons (Fsp3) is 0.250. The van der Waals surface area contributed by atoms with E-state index in [1.165, 1.54) is 27.7 Å². The van der Waals surface area contributed by atoms with Gasteiger partial charge in [-0.15, -0.1) is 0 Å². The van der Waals surface area contributed by atoms with E-state index in [1.807, 2.05) is 6.20 Å². The zero-order valence-corrected chi connectivity index (χ0v) is 13.4. The Labute approximate surface area is 136 Å². The molecule has 0 saturated carbocycles. The van der Waals surface area contributed by atoms with E-state index in [2.05, 4.69) is 66.3 Å². The van der Waals surface area contributed by atoms with E-state index in [4.69, 9.17) is 4.74 Å². The molecule has 1 atom stereocenters. The second-order valence-electron chi connectivity index (χ2n) is 6.16. The average Bonchev–Trinajstić information content (AvgIpc) is 3.03. The van der Waals surface area contributed by atoms with E-state index in [1.54, 1.807) is 0 Å². The van der Waals surface area contributed by atoms with Gasteiger partial charge in [0.1, 0.15) is 12.4 Å². The van der Waals surface area contributed by atoms with Crippen molar-refractivity contribution < 1.29 is 4.74 Å². The highest BCUT2D eigenvalue weighted by molar-refractivity contribution is 5.80. The number of nitrogens with zero attached hydrogens (tertiary/aromatic N) is 1. The van der Waals surface area contributed by atoms with Gasteiger partial charge >= 0.3 is 0 Å². The molecule has 2 heterocycles. The van der Waals surface area contributed by atoms with Gasteiger partial charge in [0.25, 0.3) is 0 Å². The van der Waals surface area contributed by atoms with Crippen LogP contribution in [0.2, 0.25) is 0 Å². The monoisotopic (exact) mass is 305 g/mol. The van der Waals surface area contributed by atoms with Crippen LogP contribution in [0.3, 0.4) is 0 Å². The molecule has 0 saturated heterocycles. The number of aromatic nitrogens is 1. The van der Waals surface area contributed by atoms with E-state index in [-0.39, 0.29) is 5.92 Å². The Morgan fingerprint density at radius 1 is 1.17 bits per heavy atom. The van der Waals surface area contributed by atoms with Gasteiger partial charge in [0.05, 0.1) is 12.2 Å². The van der Waals surface area contributed by atoms with Crippen molar-refractivity contribution in [3.63, 3.8) is 0 Å². The minimum Gasteiger partial charge on any atom is -0.490 e. The standard InChI is InChI=1S/C20H21N2O/c1-3-17(14-4-6-18-16(12-14)8-9-21-18)15-5-7-19-20(13-15)23-11-10-22(19)2/h4-9,12-13,17,21H,1,3,10-11H2,2H3. The first-order chi connectivity index (χ1) is 11.3. The lowest BCUT2D eigenvalue weighted by molar-refractivity contribution is 0.311. The number of hydrogen-bond donors (Lipinski definition) is 1. The lowest BCUT2D eigenvalue weighted by Crippen LogP contribution is -2.28. The van der Waals surface area contributed by atoms with Gasteiger partial charge in [0.15, 0.2) is 0 Å². The summed E-state index contributed by atoms with van der Waals surface area (Å²) in [5.41, 5.74) is 4.91. The molecule has 1 aromatic heterocycles. The van der Waals surface area contributed by atoms with Crippen molar-refractivity contribution in [1.82, 2.24) is 4.98 Å². The molecular formula is C20H21N2O. The molecule has 0 spiro atoms. The number of nitrogens with one attached hydrogen (secondary N) is 1. The quantitative estimate of drug-likeness (QED) is 0.779. The Bertz CT molecular complexity index is 837. The van der Waals surface area contributed by atoms with E-state index in [9.17, 15) is 0 Å². The van der Waals surface area contributed by atoms with Crippen LogP contribution in [0, 0.1) is 6.92 Å². The predicted molar refractivity (Wildman–Crippen MR) is 95.3 cm³/mol. The highest BCUT2D eigenvalue weighted by atomic mass is 16.5. The fourth-order valence-electron chi connectivity index (χ4n) is 3.41. The van der Waals surface area contributed by atoms with Crippen molar-refractivity contribution in [2.24, 2.45) is 0 Å². The maximum atomic E-state index is 5.86. The molecule has 1 unspecified atom stereocenters. The maximum absolute atomic E-state index is 5.86. The molecule has 1 radical (unpaired) electrons. The van der Waals surface area contributed by atoms with Gasteiger partial charge in [-0.05, 0) is 53.3 Å². The van der Waals surface area contributed by atoms with E-state index >= 15 is 0 Å². The molecule has 0 fully saturated rings. The first-order valence-corrected chi connectivity index (χ1v) is 8.10. The largest absolute Gasteiger partial charge is 0.490 e. The second-order valence-corrected chi connectivity index (χ2v) is 6.16. The van der Waals surface area contributed by atoms with Crippen molar-refractivity contribution in [3.8, 4) is 5.75 Å². The third kappa shape index (κ3) is 2.46. The van der Waals surface area contributed by atoms with Gasteiger partial charge in [0.2, 0.25) is 0 Å². The molecule has 0 bridgehead atoms. The van der Waals surface area contributed by atoms with Gasteiger partial charge in [-0.25, -0.2) is 0 Å². The zero-order valence-electron chi connectivity index (χ0n) is 13.4. The summed E-state index contributed by atoms with van der Waals surface area (Å²) < 4.78 is 5.86. The van der Waals surface area contributed by atoms with Crippen molar-refractivity contribution >= 4 is 16.6 Å². The molecule has 0 aliphatic carbocycles. The van der Waals surface area contributed by atoms with Crippen molar-refractivity contribution in [2.45, 2.75) is 12.3 Å². The van der Waals surface area contributed by atoms with Crippen molar-refractivity contribution in [2.75, 3.05) is 25.1 Å². The second kappa shape index (κ2) is 5.65. The summed E-state index contributed by atoms with van der Waals surface area (Å²) in [4.78, 5) is 5.49. The molecule has 0 amide bonds. The van der Waals surface area contributed by atoms with Gasteiger partial charge in [-0.3, -0.25) is 0 Å². The first-order valence-electron chi connectivity index (χ1n) is 8.10. The number of ether oxygens (including phenoxy) is 1. The lowest BCUT2D eigenvalue weighted by Gasteiger charge is -2.29. The van der Waals surface area contributed by atoms with E-state index < -0.39 is 0 Å². The molecule has 3 nitrogen and oxygen atoms in total. The van der Waals surface area contributed by atoms with Gasteiger partial charge in [-0.2, -0.15) is 0 Å². The minimum absolute atomic E-state index is 0.287. The maximum Gasteiger partial charge on any atom is 0.142 e. The summed E-state index contributed by atoms with van der Waals surface area (Å²) in [5, 5.41) is 1.25. The smallest absolute Gasteiger partial charge is 0.142 e. The normalized spacial score (nSPS) is 15.3. The molecule has 1 N–H and O–H groups in total. The molecule has 2 aromatic carbocycles. The summed E-state index contributed by atoms with van der Waals surface area (Å²) in [6.45, 7) is 5.86. The van der Waals surface area contributed by atoms with Crippen LogP contribution in [0.1, 0.15) is 23.5 Å². The number of rotatable bonds is 3. The van der Waals surface area contributed by atoms with Crippen LogP contribution in [0.4, 0.5) is 5.69 Å². The van der Waals surface area contributed by atoms with E-state index in [0.717, 1.165) is 25.3 Å². The number of anilines is 1. The first kappa shape index (κ1) is 14.2. The number of hydrogen-bond acceptors (Lipinski definition) is 2.